The van der Waals surface area contributed by atoms with Crippen molar-refractivity contribution < 1.29 is 14.6 Å². The number of nitrogens with one attached hydrogen (secondary N) is 1. The van der Waals surface area contributed by atoms with Crippen molar-refractivity contribution >= 4 is 5.91 Å². The Kier molecular flexibility index (Phi) is 4.51. The minimum atomic E-state index is -0.678. The third-order valence-corrected chi connectivity index (χ3v) is 4.96. The third-order valence-electron chi connectivity index (χ3n) is 4.96. The Balaban J connectivity index is 1.84. The van der Waals surface area contributed by atoms with Gasteiger partial charge in [-0.2, -0.15) is 0 Å². The van der Waals surface area contributed by atoms with E-state index >= 15 is 0 Å². The van der Waals surface area contributed by atoms with Gasteiger partial charge in [0.25, 0.3) is 0 Å². The van der Waals surface area contributed by atoms with Gasteiger partial charge in [-0.15, -0.1) is 0 Å². The zero-order valence-corrected chi connectivity index (χ0v) is 12.2. The fraction of sp³-hybridized carbons (Fsp3) is 0.933. The van der Waals surface area contributed by atoms with Crippen LogP contribution in [0.4, 0.5) is 0 Å². The van der Waals surface area contributed by atoms with Crippen LogP contribution in [-0.4, -0.2) is 37.4 Å². The summed E-state index contributed by atoms with van der Waals surface area (Å²) in [6.45, 7) is 5.75. The lowest BCUT2D eigenvalue weighted by Crippen LogP contribution is -2.57. The van der Waals surface area contributed by atoms with Gasteiger partial charge in [-0.1, -0.05) is 33.1 Å². The van der Waals surface area contributed by atoms with E-state index in [4.69, 9.17) is 4.74 Å². The lowest BCUT2D eigenvalue weighted by molar-refractivity contribution is -0.170. The van der Waals surface area contributed by atoms with Crippen molar-refractivity contribution in [1.29, 1.82) is 0 Å². The number of hydrogen-bond acceptors (Lipinski definition) is 3. The molecule has 2 N–H and O–H groups in total. The molecule has 4 heteroatoms. The van der Waals surface area contributed by atoms with Crippen LogP contribution in [0.15, 0.2) is 0 Å². The SMILES string of the molecule is CC(C)(CNC(=O)C1(CO)COC1)C1CCCCC1. The van der Waals surface area contributed by atoms with Crippen molar-refractivity contribution in [2.75, 3.05) is 26.4 Å². The Bertz CT molecular complexity index is 312. The summed E-state index contributed by atoms with van der Waals surface area (Å²) < 4.78 is 5.08. The molecule has 110 valence electrons. The molecule has 0 aromatic rings. The topological polar surface area (TPSA) is 58.6 Å². The fourth-order valence-corrected chi connectivity index (χ4v) is 3.17. The molecule has 0 aromatic heterocycles. The summed E-state index contributed by atoms with van der Waals surface area (Å²) in [6.07, 6.45) is 6.53. The maximum atomic E-state index is 12.2. The van der Waals surface area contributed by atoms with E-state index in [9.17, 15) is 9.90 Å². The highest BCUT2D eigenvalue weighted by atomic mass is 16.5. The monoisotopic (exact) mass is 269 g/mol. The van der Waals surface area contributed by atoms with Crippen molar-refractivity contribution in [3.8, 4) is 0 Å². The van der Waals surface area contributed by atoms with Gasteiger partial charge in [-0.05, 0) is 24.2 Å². The predicted octanol–water partition coefficient (Wildman–Crippen LogP) is 1.72. The normalized spacial score (nSPS) is 23.7. The molecule has 1 heterocycles. The summed E-state index contributed by atoms with van der Waals surface area (Å²) in [4.78, 5) is 12.2. The lowest BCUT2D eigenvalue weighted by atomic mass is 9.71. The Morgan fingerprint density at radius 2 is 1.95 bits per heavy atom. The van der Waals surface area contributed by atoms with Crippen LogP contribution in [0.3, 0.4) is 0 Å². The average Bonchev–Trinajstić information content (AvgIpc) is 2.37. The van der Waals surface area contributed by atoms with E-state index < -0.39 is 5.41 Å². The molecule has 2 fully saturated rings. The van der Waals surface area contributed by atoms with E-state index in [1.807, 2.05) is 0 Å². The molecular weight excluding hydrogens is 242 g/mol. The molecule has 0 unspecified atom stereocenters. The van der Waals surface area contributed by atoms with E-state index in [1.165, 1.54) is 32.1 Å². The van der Waals surface area contributed by atoms with Crippen LogP contribution >= 0.6 is 0 Å². The summed E-state index contributed by atoms with van der Waals surface area (Å²) in [5.41, 5.74) is -0.542. The first-order valence-corrected chi connectivity index (χ1v) is 7.47. The second-order valence-corrected chi connectivity index (χ2v) is 6.94. The van der Waals surface area contributed by atoms with Gasteiger partial charge in [0.1, 0.15) is 5.41 Å². The van der Waals surface area contributed by atoms with Crippen LogP contribution in [0.5, 0.6) is 0 Å². The zero-order valence-electron chi connectivity index (χ0n) is 12.2. The van der Waals surface area contributed by atoms with Gasteiger partial charge in [-0.25, -0.2) is 0 Å². The minimum absolute atomic E-state index is 0.0508. The van der Waals surface area contributed by atoms with Gasteiger partial charge < -0.3 is 15.2 Å². The van der Waals surface area contributed by atoms with Crippen LogP contribution < -0.4 is 5.32 Å². The first-order chi connectivity index (χ1) is 9.00. The molecule has 19 heavy (non-hydrogen) atoms. The zero-order chi connectivity index (χ0) is 13.9. The van der Waals surface area contributed by atoms with Crippen LogP contribution in [0.1, 0.15) is 46.0 Å². The highest BCUT2D eigenvalue weighted by Crippen LogP contribution is 2.38. The number of carbonyl (C=O) groups excluding carboxylic acids is 1. The Morgan fingerprint density at radius 3 is 2.42 bits per heavy atom. The van der Waals surface area contributed by atoms with Crippen LogP contribution in [0, 0.1) is 16.7 Å². The van der Waals surface area contributed by atoms with Gasteiger partial charge in [-0.3, -0.25) is 4.79 Å². The maximum absolute atomic E-state index is 12.2. The average molecular weight is 269 g/mol. The molecule has 0 atom stereocenters. The van der Waals surface area contributed by atoms with E-state index in [2.05, 4.69) is 19.2 Å². The summed E-state index contributed by atoms with van der Waals surface area (Å²) in [7, 11) is 0. The highest BCUT2D eigenvalue weighted by Gasteiger charge is 2.46. The molecule has 2 aliphatic rings. The summed E-state index contributed by atoms with van der Waals surface area (Å²) in [6, 6.07) is 0. The van der Waals surface area contributed by atoms with Crippen LogP contribution in [-0.2, 0) is 9.53 Å². The number of rotatable bonds is 5. The Hall–Kier alpha value is -0.610. The van der Waals surface area contributed by atoms with Crippen LogP contribution in [0.25, 0.3) is 0 Å². The van der Waals surface area contributed by atoms with Gasteiger partial charge in [0.2, 0.25) is 5.91 Å². The van der Waals surface area contributed by atoms with Gasteiger partial charge in [0.15, 0.2) is 0 Å². The molecule has 0 bridgehead atoms. The van der Waals surface area contributed by atoms with Crippen LogP contribution in [0.2, 0.25) is 0 Å². The second-order valence-electron chi connectivity index (χ2n) is 6.94. The quantitative estimate of drug-likeness (QED) is 0.799. The molecule has 0 radical (unpaired) electrons. The molecular formula is C15H27NO3. The molecule has 1 saturated carbocycles. The predicted molar refractivity (Wildman–Crippen MR) is 73.7 cm³/mol. The van der Waals surface area contributed by atoms with Crippen molar-refractivity contribution in [1.82, 2.24) is 5.32 Å². The van der Waals surface area contributed by atoms with Crippen molar-refractivity contribution in [3.05, 3.63) is 0 Å². The number of aliphatic hydroxyl groups excluding tert-OH is 1. The number of aliphatic hydroxyl groups is 1. The smallest absolute Gasteiger partial charge is 0.233 e. The van der Waals surface area contributed by atoms with E-state index in [0.717, 1.165) is 0 Å². The molecule has 2 rings (SSSR count). The molecule has 0 spiro atoms. The third kappa shape index (κ3) is 3.11. The van der Waals surface area contributed by atoms with E-state index in [0.29, 0.717) is 25.7 Å². The summed E-state index contributed by atoms with van der Waals surface area (Å²) >= 11 is 0. The summed E-state index contributed by atoms with van der Waals surface area (Å²) in [5.74, 6) is 0.648. The molecule has 1 saturated heterocycles. The Labute approximate surface area is 115 Å². The lowest BCUT2D eigenvalue weighted by Gasteiger charge is -2.41. The van der Waals surface area contributed by atoms with Gasteiger partial charge in [0.05, 0.1) is 19.8 Å². The first-order valence-electron chi connectivity index (χ1n) is 7.47. The largest absolute Gasteiger partial charge is 0.395 e. The number of hydrogen-bond donors (Lipinski definition) is 2. The number of carbonyl (C=O) groups is 1. The minimum Gasteiger partial charge on any atom is -0.395 e. The number of amides is 1. The first kappa shape index (κ1) is 14.8. The standard InChI is InChI=1S/C15H27NO3/c1-14(2,12-6-4-3-5-7-12)8-16-13(18)15(9-17)10-19-11-15/h12,17H,3-11H2,1-2H3,(H,16,18). The molecule has 1 aliphatic carbocycles. The van der Waals surface area contributed by atoms with Gasteiger partial charge in [0, 0.05) is 6.54 Å². The van der Waals surface area contributed by atoms with Gasteiger partial charge >= 0.3 is 0 Å². The molecule has 1 aliphatic heterocycles. The van der Waals surface area contributed by atoms with Crippen molar-refractivity contribution in [2.24, 2.45) is 16.7 Å². The Morgan fingerprint density at radius 1 is 1.32 bits per heavy atom. The molecule has 1 amide bonds. The fourth-order valence-electron chi connectivity index (χ4n) is 3.17. The maximum Gasteiger partial charge on any atom is 0.233 e. The van der Waals surface area contributed by atoms with E-state index in [-0.39, 0.29) is 17.9 Å². The molecule has 4 nitrogen and oxygen atoms in total. The molecule has 0 aromatic carbocycles. The second kappa shape index (κ2) is 5.80. The summed E-state index contributed by atoms with van der Waals surface area (Å²) in [5, 5.41) is 12.4. The highest BCUT2D eigenvalue weighted by molar-refractivity contribution is 5.83. The van der Waals surface area contributed by atoms with Crippen molar-refractivity contribution in [3.63, 3.8) is 0 Å². The number of ether oxygens (including phenoxy) is 1. The van der Waals surface area contributed by atoms with Crippen molar-refractivity contribution in [2.45, 2.75) is 46.0 Å². The van der Waals surface area contributed by atoms with E-state index in [1.54, 1.807) is 0 Å².